The molecule has 0 unspecified atom stereocenters. The number of carboxylic acids is 1. The number of hydrogen-bond acceptors (Lipinski definition) is 4. The number of H-pyrrole nitrogens is 1. The zero-order valence-electron chi connectivity index (χ0n) is 19.9. The van der Waals surface area contributed by atoms with Crippen molar-refractivity contribution in [3.8, 4) is 12.1 Å². The minimum absolute atomic E-state index is 0.144. The van der Waals surface area contributed by atoms with E-state index in [1.165, 1.54) is 6.08 Å². The fourth-order valence-electron chi connectivity index (χ4n) is 4.75. The minimum atomic E-state index is -1.04. The Kier molecular flexibility index (Phi) is 6.13. The van der Waals surface area contributed by atoms with Gasteiger partial charge in [0.1, 0.15) is 6.07 Å². The van der Waals surface area contributed by atoms with Crippen molar-refractivity contribution in [1.29, 1.82) is 10.5 Å². The van der Waals surface area contributed by atoms with Crippen molar-refractivity contribution in [3.05, 3.63) is 106 Å². The number of nitrogens with one attached hydrogen (secondary N) is 1. The number of aliphatic carboxylic acids is 1. The van der Waals surface area contributed by atoms with Gasteiger partial charge in [-0.25, -0.2) is 4.79 Å². The van der Waals surface area contributed by atoms with Crippen LogP contribution in [0.15, 0.2) is 60.7 Å². The lowest BCUT2D eigenvalue weighted by atomic mass is 9.83. The number of nitriles is 2. The highest BCUT2D eigenvalue weighted by Gasteiger charge is 2.32. The first-order chi connectivity index (χ1) is 17.9. The van der Waals surface area contributed by atoms with Gasteiger partial charge < -0.3 is 5.11 Å². The Balaban J connectivity index is 1.83. The van der Waals surface area contributed by atoms with Crippen LogP contribution in [-0.4, -0.2) is 21.3 Å². The Bertz CT molecular complexity index is 1690. The van der Waals surface area contributed by atoms with Gasteiger partial charge in [0.15, 0.2) is 0 Å². The molecule has 6 nitrogen and oxygen atoms in total. The topological polar surface area (TPSA) is 114 Å². The van der Waals surface area contributed by atoms with Crippen LogP contribution < -0.4 is 0 Å². The largest absolute Gasteiger partial charge is 0.478 e. The lowest BCUT2D eigenvalue weighted by Gasteiger charge is -2.20. The normalized spacial score (nSPS) is 13.8. The van der Waals surface area contributed by atoms with E-state index in [-0.39, 0.29) is 16.9 Å². The van der Waals surface area contributed by atoms with Crippen molar-refractivity contribution in [1.82, 2.24) is 10.2 Å². The molecule has 0 radical (unpaired) electrons. The molecule has 2 N–H and O–H groups in total. The minimum Gasteiger partial charge on any atom is -0.478 e. The van der Waals surface area contributed by atoms with Gasteiger partial charge in [-0.15, -0.1) is 0 Å². The van der Waals surface area contributed by atoms with Gasteiger partial charge in [-0.05, 0) is 83.4 Å². The maximum Gasteiger partial charge on any atom is 0.328 e. The van der Waals surface area contributed by atoms with E-state index >= 15 is 0 Å². The first-order valence-electron chi connectivity index (χ1n) is 11.7. The summed E-state index contributed by atoms with van der Waals surface area (Å²) in [6.07, 6.45) is 4.53. The molecule has 7 heteroatoms. The standard InChI is InChI=1S/C30H21FN4O2/c1-17-14-19(15-32)4-10-22(17)27(21-8-9-21)28(20-6-2-18(3-7-20)5-13-26(36)37)23-11-12-25-29(24(23)16-33)30(31)35-34-25/h2-7,10-14,21H,8-9H2,1H3,(H,34,35)(H,36,37)/b13-5+,28-27+. The van der Waals surface area contributed by atoms with Crippen molar-refractivity contribution in [3.63, 3.8) is 0 Å². The number of nitrogens with zero attached hydrogens (tertiary/aromatic N) is 3. The maximum atomic E-state index is 14.7. The fourth-order valence-corrected chi connectivity index (χ4v) is 4.75. The third-order valence-electron chi connectivity index (χ3n) is 6.58. The van der Waals surface area contributed by atoms with E-state index in [1.54, 1.807) is 18.2 Å². The Morgan fingerprint density at radius 3 is 2.43 bits per heavy atom. The molecule has 1 saturated carbocycles. The Hall–Kier alpha value is -5.01. The van der Waals surface area contributed by atoms with Gasteiger partial charge in [-0.3, -0.25) is 5.10 Å². The zero-order valence-corrected chi connectivity index (χ0v) is 19.9. The molecule has 1 fully saturated rings. The molecule has 180 valence electrons. The average Bonchev–Trinajstić information content (AvgIpc) is 3.68. The number of fused-ring (bicyclic) bond motifs is 1. The van der Waals surface area contributed by atoms with Crippen LogP contribution in [-0.2, 0) is 4.79 Å². The summed E-state index contributed by atoms with van der Waals surface area (Å²) in [7, 11) is 0. The summed E-state index contributed by atoms with van der Waals surface area (Å²) in [5.41, 5.74) is 7.01. The molecule has 0 bridgehead atoms. The first-order valence-corrected chi connectivity index (χ1v) is 11.7. The molecule has 37 heavy (non-hydrogen) atoms. The SMILES string of the molecule is Cc1cc(C#N)ccc1/C(=C(\c1ccc(/C=C/C(=O)O)cc1)c1ccc2n[nH]c(F)c2c1C#N)C1CC1. The van der Waals surface area contributed by atoms with E-state index in [0.29, 0.717) is 22.2 Å². The molecule has 5 rings (SSSR count). The number of benzene rings is 3. The number of carbonyl (C=O) groups is 1. The van der Waals surface area contributed by atoms with E-state index in [1.807, 2.05) is 43.3 Å². The number of rotatable bonds is 6. The summed E-state index contributed by atoms with van der Waals surface area (Å²) < 4.78 is 14.7. The summed E-state index contributed by atoms with van der Waals surface area (Å²) in [5, 5.41) is 35.0. The highest BCUT2D eigenvalue weighted by molar-refractivity contribution is 6.04. The molecule has 0 aliphatic heterocycles. The van der Waals surface area contributed by atoms with Gasteiger partial charge in [0.05, 0.1) is 28.1 Å². The molecule has 0 saturated heterocycles. The van der Waals surface area contributed by atoms with Gasteiger partial charge in [-0.2, -0.15) is 20.0 Å². The number of halogens is 1. The Morgan fingerprint density at radius 2 is 1.81 bits per heavy atom. The quantitative estimate of drug-likeness (QED) is 0.247. The Labute approximate surface area is 212 Å². The summed E-state index contributed by atoms with van der Waals surface area (Å²) in [4.78, 5) is 10.9. The molecular weight excluding hydrogens is 467 g/mol. The lowest BCUT2D eigenvalue weighted by molar-refractivity contribution is -0.131. The third-order valence-corrected chi connectivity index (χ3v) is 6.58. The smallest absolute Gasteiger partial charge is 0.328 e. The summed E-state index contributed by atoms with van der Waals surface area (Å²) in [6.45, 7) is 1.96. The third kappa shape index (κ3) is 4.51. The second kappa shape index (κ2) is 9.56. The van der Waals surface area contributed by atoms with Crippen LogP contribution >= 0.6 is 0 Å². The number of carboxylic acid groups (broad SMARTS) is 1. The number of aryl methyl sites for hydroxylation is 1. The average molecular weight is 489 g/mol. The molecule has 1 heterocycles. The molecule has 1 aliphatic rings. The highest BCUT2D eigenvalue weighted by atomic mass is 19.1. The molecule has 1 aliphatic carbocycles. The summed E-state index contributed by atoms with van der Waals surface area (Å²) >= 11 is 0. The van der Waals surface area contributed by atoms with Gasteiger partial charge in [0, 0.05) is 11.6 Å². The fraction of sp³-hybridized carbons (Fsp3) is 0.133. The second-order valence-electron chi connectivity index (χ2n) is 9.03. The van der Waals surface area contributed by atoms with Crippen molar-refractivity contribution < 1.29 is 14.3 Å². The predicted octanol–water partition coefficient (Wildman–Crippen LogP) is 6.22. The van der Waals surface area contributed by atoms with Crippen molar-refractivity contribution >= 4 is 34.1 Å². The summed E-state index contributed by atoms with van der Waals surface area (Å²) in [6, 6.07) is 20.9. The van der Waals surface area contributed by atoms with Crippen LogP contribution in [0.4, 0.5) is 4.39 Å². The zero-order chi connectivity index (χ0) is 26.1. The van der Waals surface area contributed by atoms with Gasteiger partial charge in [0.25, 0.3) is 0 Å². The van der Waals surface area contributed by atoms with Crippen LogP contribution in [0, 0.1) is 41.5 Å². The van der Waals surface area contributed by atoms with Crippen LogP contribution in [0.25, 0.3) is 28.1 Å². The predicted molar refractivity (Wildman–Crippen MR) is 138 cm³/mol. The molecular formula is C30H21FN4O2. The van der Waals surface area contributed by atoms with E-state index in [9.17, 15) is 19.7 Å². The second-order valence-corrected chi connectivity index (χ2v) is 9.03. The van der Waals surface area contributed by atoms with Gasteiger partial charge >= 0.3 is 5.97 Å². The van der Waals surface area contributed by atoms with Crippen LogP contribution in [0.2, 0.25) is 0 Å². The molecule has 3 aromatic carbocycles. The number of allylic oxidation sites excluding steroid dienone is 1. The van der Waals surface area contributed by atoms with Crippen LogP contribution in [0.5, 0.6) is 0 Å². The monoisotopic (exact) mass is 488 g/mol. The summed E-state index contributed by atoms with van der Waals surface area (Å²) in [5.74, 6) is -1.46. The first kappa shape index (κ1) is 23.7. The van der Waals surface area contributed by atoms with Gasteiger partial charge in [0.2, 0.25) is 5.95 Å². The molecule has 0 atom stereocenters. The maximum absolute atomic E-state index is 14.7. The van der Waals surface area contributed by atoms with Gasteiger partial charge in [-0.1, -0.05) is 36.4 Å². The molecule has 0 amide bonds. The van der Waals surface area contributed by atoms with Crippen molar-refractivity contribution in [2.75, 3.05) is 0 Å². The number of aromatic amines is 1. The highest BCUT2D eigenvalue weighted by Crippen LogP contribution is 2.49. The Morgan fingerprint density at radius 1 is 1.08 bits per heavy atom. The van der Waals surface area contributed by atoms with Crippen molar-refractivity contribution in [2.45, 2.75) is 19.8 Å². The van der Waals surface area contributed by atoms with Crippen LogP contribution in [0.3, 0.4) is 0 Å². The molecule has 0 spiro atoms. The van der Waals surface area contributed by atoms with E-state index in [0.717, 1.165) is 46.8 Å². The van der Waals surface area contributed by atoms with E-state index < -0.39 is 11.9 Å². The number of hydrogen-bond donors (Lipinski definition) is 2. The van der Waals surface area contributed by atoms with Crippen LogP contribution in [0.1, 0.15) is 51.8 Å². The number of aromatic nitrogens is 2. The van der Waals surface area contributed by atoms with E-state index in [2.05, 4.69) is 22.3 Å². The van der Waals surface area contributed by atoms with E-state index in [4.69, 9.17) is 5.11 Å². The lowest BCUT2D eigenvalue weighted by Crippen LogP contribution is -2.02. The molecule has 4 aromatic rings. The molecule has 1 aromatic heterocycles. The van der Waals surface area contributed by atoms with Crippen molar-refractivity contribution in [2.24, 2.45) is 5.92 Å².